The first-order valence-corrected chi connectivity index (χ1v) is 8.27. The molecule has 0 unspecified atom stereocenters. The van der Waals surface area contributed by atoms with Crippen LogP contribution in [0.4, 0.5) is 5.82 Å². The summed E-state index contributed by atoms with van der Waals surface area (Å²) in [6.45, 7) is 5.35. The highest BCUT2D eigenvalue weighted by Gasteiger charge is 2.26. The van der Waals surface area contributed by atoms with Gasteiger partial charge in [0.25, 0.3) is 0 Å². The fraction of sp³-hybridized carbons (Fsp3) is 0.706. The second-order valence-electron chi connectivity index (χ2n) is 6.43. The summed E-state index contributed by atoms with van der Waals surface area (Å²) in [5, 5.41) is 0. The summed E-state index contributed by atoms with van der Waals surface area (Å²) < 4.78 is 5.47. The topological polar surface area (TPSA) is 28.6 Å². The van der Waals surface area contributed by atoms with Gasteiger partial charge in [0.15, 0.2) is 0 Å². The number of pyridine rings is 1. The van der Waals surface area contributed by atoms with Crippen molar-refractivity contribution in [2.45, 2.75) is 31.7 Å². The zero-order valence-corrected chi connectivity index (χ0v) is 13.1. The van der Waals surface area contributed by atoms with Crippen molar-refractivity contribution in [3.8, 4) is 0 Å². The quantitative estimate of drug-likeness (QED) is 0.851. The number of hydrogen-bond donors (Lipinski definition) is 0. The lowest BCUT2D eigenvalue weighted by Crippen LogP contribution is -2.48. The van der Waals surface area contributed by atoms with Crippen LogP contribution in [0.25, 0.3) is 0 Å². The van der Waals surface area contributed by atoms with Gasteiger partial charge in [0.05, 0.1) is 0 Å². The second-order valence-corrected chi connectivity index (χ2v) is 6.43. The Morgan fingerprint density at radius 2 is 2.14 bits per heavy atom. The molecule has 0 aromatic carbocycles. The Balaban J connectivity index is 1.55. The first kappa shape index (κ1) is 14.8. The molecule has 21 heavy (non-hydrogen) atoms. The molecule has 3 rings (SSSR count). The van der Waals surface area contributed by atoms with Crippen LogP contribution in [0.1, 0.15) is 25.7 Å². The number of ether oxygens (including phenoxy) is 1. The smallest absolute Gasteiger partial charge is 0.128 e. The van der Waals surface area contributed by atoms with Crippen LogP contribution in [0.2, 0.25) is 0 Å². The van der Waals surface area contributed by atoms with Crippen LogP contribution >= 0.6 is 0 Å². The summed E-state index contributed by atoms with van der Waals surface area (Å²) >= 11 is 0. The maximum Gasteiger partial charge on any atom is 0.128 e. The molecule has 0 spiro atoms. The van der Waals surface area contributed by atoms with E-state index in [2.05, 4.69) is 34.0 Å². The molecular weight excluding hydrogens is 262 g/mol. The van der Waals surface area contributed by atoms with Gasteiger partial charge in [-0.1, -0.05) is 6.07 Å². The maximum atomic E-state index is 5.47. The van der Waals surface area contributed by atoms with Crippen molar-refractivity contribution in [2.75, 3.05) is 44.8 Å². The van der Waals surface area contributed by atoms with Crippen LogP contribution < -0.4 is 4.90 Å². The van der Waals surface area contributed by atoms with E-state index in [4.69, 9.17) is 4.74 Å². The maximum absolute atomic E-state index is 5.47. The number of hydrogen-bond acceptors (Lipinski definition) is 4. The highest BCUT2D eigenvalue weighted by Crippen LogP contribution is 2.22. The molecule has 0 saturated carbocycles. The van der Waals surface area contributed by atoms with Crippen molar-refractivity contribution in [2.24, 2.45) is 5.92 Å². The summed E-state index contributed by atoms with van der Waals surface area (Å²) in [6, 6.07) is 6.85. The fourth-order valence-electron chi connectivity index (χ4n) is 3.55. The van der Waals surface area contributed by atoms with Crippen molar-refractivity contribution < 1.29 is 4.74 Å². The van der Waals surface area contributed by atoms with Crippen molar-refractivity contribution >= 4 is 5.82 Å². The normalized spacial score (nSPS) is 24.5. The van der Waals surface area contributed by atoms with Crippen LogP contribution in [0, 0.1) is 5.92 Å². The number of piperidine rings is 1. The SMILES string of the molecule is CN(CC1CCOCC1)[C@@H]1CCCN(c2ccccn2)C1. The van der Waals surface area contributed by atoms with E-state index in [1.807, 2.05) is 12.3 Å². The first-order valence-electron chi connectivity index (χ1n) is 8.27. The van der Waals surface area contributed by atoms with Gasteiger partial charge in [0, 0.05) is 45.1 Å². The van der Waals surface area contributed by atoms with Crippen LogP contribution in [0.5, 0.6) is 0 Å². The van der Waals surface area contributed by atoms with Crippen LogP contribution in [-0.4, -0.2) is 55.8 Å². The molecule has 4 nitrogen and oxygen atoms in total. The van der Waals surface area contributed by atoms with Gasteiger partial charge in [0.1, 0.15) is 5.82 Å². The molecule has 0 N–H and O–H groups in total. The average molecular weight is 289 g/mol. The largest absolute Gasteiger partial charge is 0.381 e. The van der Waals surface area contributed by atoms with Crippen LogP contribution in [-0.2, 0) is 4.74 Å². The standard InChI is InChI=1S/C17H27N3O/c1-19(13-15-7-11-21-12-8-15)16-5-4-10-20(14-16)17-6-2-3-9-18-17/h2-3,6,9,15-16H,4-5,7-8,10-14H2,1H3/t16-/m1/s1. The summed E-state index contributed by atoms with van der Waals surface area (Å²) in [6.07, 6.45) is 6.91. The van der Waals surface area contributed by atoms with Crippen molar-refractivity contribution in [3.05, 3.63) is 24.4 Å². The molecule has 2 fully saturated rings. The third-order valence-corrected chi connectivity index (χ3v) is 4.88. The molecular formula is C17H27N3O. The summed E-state index contributed by atoms with van der Waals surface area (Å²) in [5.41, 5.74) is 0. The van der Waals surface area contributed by atoms with E-state index < -0.39 is 0 Å². The lowest BCUT2D eigenvalue weighted by atomic mass is 9.97. The Morgan fingerprint density at radius 1 is 1.29 bits per heavy atom. The molecule has 0 radical (unpaired) electrons. The number of nitrogens with zero attached hydrogens (tertiary/aromatic N) is 3. The van der Waals surface area contributed by atoms with Gasteiger partial charge in [-0.15, -0.1) is 0 Å². The third-order valence-electron chi connectivity index (χ3n) is 4.88. The van der Waals surface area contributed by atoms with E-state index in [-0.39, 0.29) is 0 Å². The Morgan fingerprint density at radius 3 is 2.90 bits per heavy atom. The minimum absolute atomic E-state index is 0.656. The predicted molar refractivity (Wildman–Crippen MR) is 85.6 cm³/mol. The van der Waals surface area contributed by atoms with E-state index in [0.717, 1.165) is 38.0 Å². The second kappa shape index (κ2) is 7.23. The highest BCUT2D eigenvalue weighted by molar-refractivity contribution is 5.38. The number of anilines is 1. The number of likely N-dealkylation sites (N-methyl/N-ethyl adjacent to an activating group) is 1. The van der Waals surface area contributed by atoms with Gasteiger partial charge < -0.3 is 14.5 Å². The first-order chi connectivity index (χ1) is 10.3. The molecule has 0 aliphatic carbocycles. The van der Waals surface area contributed by atoms with Crippen molar-refractivity contribution in [1.82, 2.24) is 9.88 Å². The van der Waals surface area contributed by atoms with E-state index in [9.17, 15) is 0 Å². The summed E-state index contributed by atoms with van der Waals surface area (Å²) in [4.78, 5) is 9.52. The zero-order valence-electron chi connectivity index (χ0n) is 13.1. The van der Waals surface area contributed by atoms with E-state index >= 15 is 0 Å². The van der Waals surface area contributed by atoms with Gasteiger partial charge in [-0.2, -0.15) is 0 Å². The third kappa shape index (κ3) is 3.95. The van der Waals surface area contributed by atoms with Crippen LogP contribution in [0.15, 0.2) is 24.4 Å². The molecule has 2 aliphatic heterocycles. The Labute approximate surface area is 128 Å². The van der Waals surface area contributed by atoms with Crippen molar-refractivity contribution in [1.29, 1.82) is 0 Å². The molecule has 116 valence electrons. The van der Waals surface area contributed by atoms with Crippen molar-refractivity contribution in [3.63, 3.8) is 0 Å². The molecule has 2 aliphatic rings. The van der Waals surface area contributed by atoms with Gasteiger partial charge in [-0.25, -0.2) is 4.98 Å². The highest BCUT2D eigenvalue weighted by atomic mass is 16.5. The van der Waals surface area contributed by atoms with Gasteiger partial charge in [0.2, 0.25) is 0 Å². The predicted octanol–water partition coefficient (Wildman–Crippen LogP) is 2.41. The van der Waals surface area contributed by atoms with Gasteiger partial charge in [-0.3, -0.25) is 0 Å². The average Bonchev–Trinajstić information content (AvgIpc) is 2.57. The van der Waals surface area contributed by atoms with Crippen LogP contribution in [0.3, 0.4) is 0 Å². The number of aromatic nitrogens is 1. The fourth-order valence-corrected chi connectivity index (χ4v) is 3.55. The Hall–Kier alpha value is -1.13. The van der Waals surface area contributed by atoms with Gasteiger partial charge in [-0.05, 0) is 50.8 Å². The molecule has 3 heterocycles. The number of rotatable bonds is 4. The minimum atomic E-state index is 0.656. The Bertz CT molecular complexity index is 419. The van der Waals surface area contributed by atoms with E-state index in [1.54, 1.807) is 0 Å². The lowest BCUT2D eigenvalue weighted by Gasteiger charge is -2.39. The molecule has 2 saturated heterocycles. The molecule has 0 bridgehead atoms. The monoisotopic (exact) mass is 289 g/mol. The molecule has 0 amide bonds. The van der Waals surface area contributed by atoms with E-state index in [1.165, 1.54) is 32.2 Å². The molecule has 1 aromatic heterocycles. The van der Waals surface area contributed by atoms with E-state index in [0.29, 0.717) is 6.04 Å². The summed E-state index contributed by atoms with van der Waals surface area (Å²) in [7, 11) is 2.29. The molecule has 1 atom stereocenters. The molecule has 1 aromatic rings. The lowest BCUT2D eigenvalue weighted by molar-refractivity contribution is 0.0492. The minimum Gasteiger partial charge on any atom is -0.381 e. The zero-order chi connectivity index (χ0) is 14.5. The summed E-state index contributed by atoms with van der Waals surface area (Å²) in [5.74, 6) is 1.94. The Kier molecular flexibility index (Phi) is 5.09. The molecule has 4 heteroatoms. The van der Waals surface area contributed by atoms with Gasteiger partial charge >= 0.3 is 0 Å².